The number of pyridine rings is 1. The molecule has 0 spiro atoms. The monoisotopic (exact) mass is 543 g/mol. The van der Waals surface area contributed by atoms with Crippen molar-refractivity contribution in [3.63, 3.8) is 0 Å². The van der Waals surface area contributed by atoms with Crippen molar-refractivity contribution in [1.29, 1.82) is 0 Å². The number of aromatic nitrogens is 1. The molecule has 6 nitrogen and oxygen atoms in total. The summed E-state index contributed by atoms with van der Waals surface area (Å²) < 4.78 is 5.87. The highest BCUT2D eigenvalue weighted by atomic mass is 35.5. The number of aliphatic hydroxyl groups is 2. The van der Waals surface area contributed by atoms with E-state index in [-0.39, 0.29) is 12.6 Å². The van der Waals surface area contributed by atoms with Gasteiger partial charge in [-0.3, -0.25) is 9.88 Å². The number of nitrogens with zero attached hydrogens (tertiary/aromatic N) is 3. The third-order valence-corrected chi connectivity index (χ3v) is 7.18. The Kier molecular flexibility index (Phi) is 8.98. The van der Waals surface area contributed by atoms with Crippen molar-refractivity contribution >= 4 is 28.9 Å². The van der Waals surface area contributed by atoms with Gasteiger partial charge in [0.25, 0.3) is 0 Å². The first-order valence-corrected chi connectivity index (χ1v) is 13.4. The standard InChI is InChI=1S/C29H35Cl2N3O3/c1-20(2)18-37-24-9-10-26(25(31)14-24)34-13-12-33(16-27(34)22-5-7-23(30)8-6-22)19-29(3,36)28-11-4-21(17-35)15-32-28/h4-11,14-15,20,27,35-36H,12-13,16-19H2,1-3H3/t27-,29+/m0/s1. The van der Waals surface area contributed by atoms with Crippen LogP contribution < -0.4 is 9.64 Å². The minimum absolute atomic E-state index is 0.00599. The lowest BCUT2D eigenvalue weighted by atomic mass is 9.97. The van der Waals surface area contributed by atoms with Gasteiger partial charge < -0.3 is 19.8 Å². The van der Waals surface area contributed by atoms with Crippen LogP contribution in [-0.4, -0.2) is 52.9 Å². The molecular weight excluding hydrogens is 509 g/mol. The molecule has 1 aromatic heterocycles. The molecule has 1 fully saturated rings. The van der Waals surface area contributed by atoms with Crippen LogP contribution in [0.25, 0.3) is 0 Å². The van der Waals surface area contributed by atoms with Crippen molar-refractivity contribution in [1.82, 2.24) is 9.88 Å². The zero-order chi connectivity index (χ0) is 26.6. The van der Waals surface area contributed by atoms with E-state index in [1.165, 1.54) is 0 Å². The average molecular weight is 545 g/mol. The van der Waals surface area contributed by atoms with Gasteiger partial charge in [-0.1, -0.05) is 55.2 Å². The molecule has 2 aromatic carbocycles. The number of anilines is 1. The van der Waals surface area contributed by atoms with Gasteiger partial charge in [-0.2, -0.15) is 0 Å². The Morgan fingerprint density at radius 1 is 1.08 bits per heavy atom. The number of halogens is 2. The predicted molar refractivity (Wildman–Crippen MR) is 149 cm³/mol. The molecule has 3 aromatic rings. The number of ether oxygens (including phenoxy) is 1. The second-order valence-electron chi connectivity index (χ2n) is 10.3. The van der Waals surface area contributed by atoms with E-state index in [0.29, 0.717) is 46.9 Å². The third-order valence-electron chi connectivity index (χ3n) is 6.62. The van der Waals surface area contributed by atoms with Crippen molar-refractivity contribution in [3.05, 3.63) is 87.7 Å². The van der Waals surface area contributed by atoms with Crippen LogP contribution in [0.3, 0.4) is 0 Å². The molecule has 4 rings (SSSR count). The zero-order valence-electron chi connectivity index (χ0n) is 21.6. The van der Waals surface area contributed by atoms with Crippen molar-refractivity contribution < 1.29 is 14.9 Å². The largest absolute Gasteiger partial charge is 0.493 e. The third kappa shape index (κ3) is 6.95. The molecule has 0 bridgehead atoms. The maximum absolute atomic E-state index is 11.3. The van der Waals surface area contributed by atoms with Gasteiger partial charge in [0.1, 0.15) is 11.4 Å². The van der Waals surface area contributed by atoms with Crippen LogP contribution in [0.2, 0.25) is 10.0 Å². The van der Waals surface area contributed by atoms with E-state index in [2.05, 4.69) is 28.6 Å². The van der Waals surface area contributed by atoms with Gasteiger partial charge in [0, 0.05) is 43.5 Å². The molecule has 1 saturated heterocycles. The smallest absolute Gasteiger partial charge is 0.120 e. The van der Waals surface area contributed by atoms with Gasteiger partial charge in [0.2, 0.25) is 0 Å². The van der Waals surface area contributed by atoms with Crippen LogP contribution in [-0.2, 0) is 12.2 Å². The zero-order valence-corrected chi connectivity index (χ0v) is 23.1. The van der Waals surface area contributed by atoms with E-state index in [9.17, 15) is 10.2 Å². The Morgan fingerprint density at radius 2 is 1.84 bits per heavy atom. The van der Waals surface area contributed by atoms with Crippen molar-refractivity contribution in [2.75, 3.05) is 37.7 Å². The number of rotatable bonds is 9. The molecule has 1 aliphatic rings. The Bertz CT molecular complexity index is 1170. The summed E-state index contributed by atoms with van der Waals surface area (Å²) in [4.78, 5) is 8.96. The lowest BCUT2D eigenvalue weighted by molar-refractivity contribution is 0.00672. The van der Waals surface area contributed by atoms with Gasteiger partial charge in [-0.05, 0) is 54.3 Å². The SMILES string of the molecule is CC(C)COc1ccc(N2CCN(C[C@@](C)(O)c3ccc(CO)cn3)C[C@H]2c2ccc(Cl)cc2)c(Cl)c1. The lowest BCUT2D eigenvalue weighted by Gasteiger charge is -2.45. The highest BCUT2D eigenvalue weighted by Crippen LogP contribution is 2.38. The molecule has 37 heavy (non-hydrogen) atoms. The fourth-order valence-corrected chi connectivity index (χ4v) is 5.07. The second kappa shape index (κ2) is 12.0. The molecule has 8 heteroatoms. The maximum atomic E-state index is 11.3. The van der Waals surface area contributed by atoms with Gasteiger partial charge in [0.05, 0.1) is 35.7 Å². The molecule has 0 aliphatic carbocycles. The minimum Gasteiger partial charge on any atom is -0.493 e. The van der Waals surface area contributed by atoms with Gasteiger partial charge in [-0.25, -0.2) is 0 Å². The molecule has 2 heterocycles. The maximum Gasteiger partial charge on any atom is 0.120 e. The van der Waals surface area contributed by atoms with E-state index < -0.39 is 5.60 Å². The van der Waals surface area contributed by atoms with Crippen LogP contribution in [0.5, 0.6) is 5.75 Å². The van der Waals surface area contributed by atoms with E-state index in [1.807, 2.05) is 42.5 Å². The molecule has 2 atom stereocenters. The number of hydrogen-bond donors (Lipinski definition) is 2. The predicted octanol–water partition coefficient (Wildman–Crippen LogP) is 5.69. The molecule has 0 saturated carbocycles. The van der Waals surface area contributed by atoms with Crippen LogP contribution in [0.15, 0.2) is 60.8 Å². The highest BCUT2D eigenvalue weighted by Gasteiger charge is 2.34. The molecule has 0 amide bonds. The van der Waals surface area contributed by atoms with Crippen LogP contribution in [0, 0.1) is 5.92 Å². The minimum atomic E-state index is -1.15. The van der Waals surface area contributed by atoms with Crippen LogP contribution in [0.4, 0.5) is 5.69 Å². The van der Waals surface area contributed by atoms with Gasteiger partial charge in [0.15, 0.2) is 0 Å². The van der Waals surface area contributed by atoms with Crippen LogP contribution >= 0.6 is 23.2 Å². The summed E-state index contributed by atoms with van der Waals surface area (Å²) in [6.45, 7) is 9.16. The lowest BCUT2D eigenvalue weighted by Crippen LogP contribution is -2.52. The van der Waals surface area contributed by atoms with Gasteiger partial charge in [-0.15, -0.1) is 0 Å². The highest BCUT2D eigenvalue weighted by molar-refractivity contribution is 6.33. The second-order valence-corrected chi connectivity index (χ2v) is 11.1. The van der Waals surface area contributed by atoms with E-state index in [4.69, 9.17) is 27.9 Å². The Labute approximate surface area is 229 Å². The van der Waals surface area contributed by atoms with E-state index in [1.54, 1.807) is 25.3 Å². The molecule has 198 valence electrons. The van der Waals surface area contributed by atoms with Crippen molar-refractivity contribution in [3.8, 4) is 5.75 Å². The first-order valence-electron chi connectivity index (χ1n) is 12.6. The number of aliphatic hydroxyl groups excluding tert-OH is 1. The summed E-state index contributed by atoms with van der Waals surface area (Å²) in [5.41, 5.74) is 2.22. The number of piperazine rings is 1. The normalized spacial score (nSPS) is 18.2. The van der Waals surface area contributed by atoms with E-state index in [0.717, 1.165) is 30.1 Å². The fraction of sp³-hybridized carbons (Fsp3) is 0.414. The van der Waals surface area contributed by atoms with Crippen LogP contribution in [0.1, 0.15) is 43.6 Å². The summed E-state index contributed by atoms with van der Waals surface area (Å²) in [6.07, 6.45) is 1.61. The number of β-amino-alcohol motifs (C(OH)–C–C–N with tert-alkyl or cyclic N) is 1. The first kappa shape index (κ1) is 27.7. The Hall–Kier alpha value is -2.35. The molecule has 0 radical (unpaired) electrons. The number of hydrogen-bond acceptors (Lipinski definition) is 6. The summed E-state index contributed by atoms with van der Waals surface area (Å²) >= 11 is 13.0. The molecule has 0 unspecified atom stereocenters. The first-order chi connectivity index (χ1) is 17.7. The van der Waals surface area contributed by atoms with Crippen molar-refractivity contribution in [2.24, 2.45) is 5.92 Å². The quantitative estimate of drug-likeness (QED) is 0.361. The summed E-state index contributed by atoms with van der Waals surface area (Å²) in [5, 5.41) is 22.0. The Morgan fingerprint density at radius 3 is 2.46 bits per heavy atom. The van der Waals surface area contributed by atoms with Gasteiger partial charge >= 0.3 is 0 Å². The number of benzene rings is 2. The topological polar surface area (TPSA) is 69.1 Å². The molecule has 2 N–H and O–H groups in total. The summed E-state index contributed by atoms with van der Waals surface area (Å²) in [5.74, 6) is 1.20. The Balaban J connectivity index is 1.57. The molecule has 1 aliphatic heterocycles. The van der Waals surface area contributed by atoms with Crippen molar-refractivity contribution in [2.45, 2.75) is 39.0 Å². The average Bonchev–Trinajstić information content (AvgIpc) is 2.88. The summed E-state index contributed by atoms with van der Waals surface area (Å²) in [7, 11) is 0. The fourth-order valence-electron chi connectivity index (χ4n) is 4.67. The van der Waals surface area contributed by atoms with E-state index >= 15 is 0 Å². The molecular formula is C29H35Cl2N3O3. The summed E-state index contributed by atoms with van der Waals surface area (Å²) in [6, 6.07) is 17.4.